The Balaban J connectivity index is 2.07. The summed E-state index contributed by atoms with van der Waals surface area (Å²) in [6, 6.07) is 1.13. The molecular weight excluding hydrogens is 382 g/mol. The third-order valence-electron chi connectivity index (χ3n) is 4.18. The smallest absolute Gasteiger partial charge is 0.287 e. The fraction of sp³-hybridized carbons (Fsp3) is 0.615. The highest BCUT2D eigenvalue weighted by atomic mass is 79.9. The number of amides is 1. The molecule has 0 atom stereocenters. The van der Waals surface area contributed by atoms with Crippen LogP contribution in [0.1, 0.15) is 49.6 Å². The number of hydrogen-bond donors (Lipinski definition) is 1. The molecule has 0 unspecified atom stereocenters. The van der Waals surface area contributed by atoms with Crippen LogP contribution in [0.25, 0.3) is 0 Å². The minimum atomic E-state index is -3.94. The highest BCUT2D eigenvalue weighted by molar-refractivity contribution is 9.10. The second-order valence-electron chi connectivity index (χ2n) is 5.43. The monoisotopic (exact) mass is 397 g/mol. The molecule has 1 aromatic rings. The number of furan rings is 1. The van der Waals surface area contributed by atoms with Gasteiger partial charge in [0.15, 0.2) is 10.4 Å². The average Bonchev–Trinajstić information content (AvgIpc) is 3.02. The lowest BCUT2D eigenvalue weighted by atomic mass is 9.83. The maximum Gasteiger partial charge on any atom is 0.287 e. The molecule has 1 saturated carbocycles. The van der Waals surface area contributed by atoms with Crippen molar-refractivity contribution in [3.8, 4) is 0 Å². The van der Waals surface area contributed by atoms with Crippen LogP contribution in [-0.2, 0) is 9.05 Å². The number of rotatable bonds is 5. The molecule has 1 N–H and O–H groups in total. The van der Waals surface area contributed by atoms with Crippen molar-refractivity contribution in [3.63, 3.8) is 0 Å². The molecule has 2 rings (SSSR count). The predicted octanol–water partition coefficient (Wildman–Crippen LogP) is 3.67. The van der Waals surface area contributed by atoms with E-state index in [-0.39, 0.29) is 20.7 Å². The van der Waals surface area contributed by atoms with Crippen molar-refractivity contribution in [3.05, 3.63) is 16.5 Å². The van der Waals surface area contributed by atoms with Gasteiger partial charge in [0.1, 0.15) is 4.90 Å². The van der Waals surface area contributed by atoms with E-state index in [0.29, 0.717) is 6.54 Å². The van der Waals surface area contributed by atoms with Gasteiger partial charge in [-0.3, -0.25) is 4.79 Å². The van der Waals surface area contributed by atoms with E-state index in [9.17, 15) is 13.2 Å². The Labute approximate surface area is 137 Å². The molecule has 0 aromatic carbocycles. The van der Waals surface area contributed by atoms with Crippen molar-refractivity contribution < 1.29 is 17.6 Å². The molecule has 1 aromatic heterocycles. The highest BCUT2D eigenvalue weighted by Crippen LogP contribution is 2.40. The van der Waals surface area contributed by atoms with Crippen LogP contribution in [-0.4, -0.2) is 20.9 Å². The molecule has 0 radical (unpaired) electrons. The summed E-state index contributed by atoms with van der Waals surface area (Å²) in [6.45, 7) is 2.70. The quantitative estimate of drug-likeness (QED) is 0.768. The van der Waals surface area contributed by atoms with Gasteiger partial charge in [-0.1, -0.05) is 19.8 Å². The summed E-state index contributed by atoms with van der Waals surface area (Å²) in [5, 5.41) is 2.83. The second-order valence-corrected chi connectivity index (χ2v) is 8.68. The molecule has 21 heavy (non-hydrogen) atoms. The van der Waals surface area contributed by atoms with E-state index in [1.54, 1.807) is 0 Å². The third-order valence-corrected chi connectivity index (χ3v) is 6.36. The predicted molar refractivity (Wildman–Crippen MR) is 83.0 cm³/mol. The number of halogens is 2. The Morgan fingerprint density at radius 3 is 2.57 bits per heavy atom. The molecule has 5 nitrogen and oxygen atoms in total. The van der Waals surface area contributed by atoms with Crippen LogP contribution < -0.4 is 5.32 Å². The lowest BCUT2D eigenvalue weighted by Crippen LogP contribution is -2.35. The van der Waals surface area contributed by atoms with Gasteiger partial charge in [-0.2, -0.15) is 0 Å². The zero-order valence-electron chi connectivity index (χ0n) is 11.6. The Kier molecular flexibility index (Phi) is 5.05. The summed E-state index contributed by atoms with van der Waals surface area (Å²) in [6.07, 6.45) is 5.59. The topological polar surface area (TPSA) is 76.4 Å². The van der Waals surface area contributed by atoms with Crippen LogP contribution in [0.15, 0.2) is 20.0 Å². The van der Waals surface area contributed by atoms with Crippen molar-refractivity contribution in [2.75, 3.05) is 6.54 Å². The number of carbonyl (C=O) groups excluding carboxylic acids is 1. The van der Waals surface area contributed by atoms with Crippen LogP contribution in [0.4, 0.5) is 0 Å². The van der Waals surface area contributed by atoms with E-state index < -0.39 is 15.0 Å². The third kappa shape index (κ3) is 3.81. The Morgan fingerprint density at radius 1 is 1.48 bits per heavy atom. The Bertz CT molecular complexity index is 635. The molecular formula is C13H17BrClNO4S. The van der Waals surface area contributed by atoms with Gasteiger partial charge in [-0.15, -0.1) is 0 Å². The highest BCUT2D eigenvalue weighted by Gasteiger charge is 2.33. The Morgan fingerprint density at radius 2 is 2.10 bits per heavy atom. The summed E-state index contributed by atoms with van der Waals surface area (Å²) in [5.74, 6) is -0.493. The molecule has 8 heteroatoms. The van der Waals surface area contributed by atoms with Gasteiger partial charge < -0.3 is 9.73 Å². The second kappa shape index (κ2) is 6.30. The molecule has 0 saturated heterocycles. The molecule has 0 spiro atoms. The van der Waals surface area contributed by atoms with Gasteiger partial charge in [-0.25, -0.2) is 8.42 Å². The van der Waals surface area contributed by atoms with E-state index >= 15 is 0 Å². The maximum atomic E-state index is 12.1. The number of hydrogen-bond acceptors (Lipinski definition) is 4. The van der Waals surface area contributed by atoms with Gasteiger partial charge in [0, 0.05) is 23.3 Å². The van der Waals surface area contributed by atoms with Crippen molar-refractivity contribution in [2.24, 2.45) is 5.41 Å². The first-order valence-electron chi connectivity index (χ1n) is 6.80. The van der Waals surface area contributed by atoms with Crippen molar-refractivity contribution in [1.29, 1.82) is 0 Å². The van der Waals surface area contributed by atoms with Gasteiger partial charge in [0.2, 0.25) is 0 Å². The van der Waals surface area contributed by atoms with E-state index in [4.69, 9.17) is 15.1 Å². The zero-order chi connectivity index (χ0) is 15.7. The minimum absolute atomic E-state index is 0.0614. The standard InChI is InChI=1S/C13H17BrClNO4S/c1-2-13(5-3-4-6-13)8-16-12(17)9-7-10(11(14)20-9)21(15,18)19/h7H,2-6,8H2,1H3,(H,16,17). The summed E-state index contributed by atoms with van der Waals surface area (Å²) >= 11 is 2.95. The first kappa shape index (κ1) is 16.8. The minimum Gasteiger partial charge on any atom is -0.443 e. The number of carbonyl (C=O) groups is 1. The maximum absolute atomic E-state index is 12.1. The molecule has 1 aliphatic rings. The summed E-state index contributed by atoms with van der Waals surface area (Å²) < 4.78 is 27.7. The molecule has 1 aliphatic carbocycles. The molecule has 1 amide bonds. The van der Waals surface area contributed by atoms with Crippen molar-refractivity contribution >= 4 is 41.6 Å². The lowest BCUT2D eigenvalue weighted by molar-refractivity contribution is 0.0899. The van der Waals surface area contributed by atoms with Crippen LogP contribution in [0.5, 0.6) is 0 Å². The van der Waals surface area contributed by atoms with Crippen LogP contribution >= 0.6 is 26.6 Å². The van der Waals surface area contributed by atoms with E-state index in [1.807, 2.05) is 0 Å². The van der Waals surface area contributed by atoms with Gasteiger partial charge in [0.05, 0.1) is 0 Å². The first-order chi connectivity index (χ1) is 9.77. The van der Waals surface area contributed by atoms with Gasteiger partial charge in [-0.05, 0) is 40.6 Å². The summed E-state index contributed by atoms with van der Waals surface area (Å²) in [7, 11) is 1.32. The average molecular weight is 399 g/mol. The molecule has 118 valence electrons. The fourth-order valence-corrected chi connectivity index (χ4v) is 4.80. The summed E-state index contributed by atoms with van der Waals surface area (Å²) in [4.78, 5) is 11.9. The molecule has 1 heterocycles. The van der Waals surface area contributed by atoms with Crippen LogP contribution in [0, 0.1) is 5.41 Å². The normalized spacial score (nSPS) is 17.9. The fourth-order valence-electron chi connectivity index (χ4n) is 2.77. The summed E-state index contributed by atoms with van der Waals surface area (Å²) in [5.41, 5.74) is 0.154. The molecule has 0 bridgehead atoms. The Hall–Kier alpha value is -0.530. The van der Waals surface area contributed by atoms with Gasteiger partial charge >= 0.3 is 0 Å². The van der Waals surface area contributed by atoms with E-state index in [2.05, 4.69) is 28.2 Å². The number of nitrogens with one attached hydrogen (secondary N) is 1. The van der Waals surface area contributed by atoms with E-state index in [1.165, 1.54) is 12.8 Å². The SMILES string of the molecule is CCC1(CNC(=O)c2cc(S(=O)(=O)Cl)c(Br)o2)CCCC1. The van der Waals surface area contributed by atoms with Crippen LogP contribution in [0.3, 0.4) is 0 Å². The zero-order valence-corrected chi connectivity index (χ0v) is 14.8. The first-order valence-corrected chi connectivity index (χ1v) is 9.90. The van der Waals surface area contributed by atoms with Crippen molar-refractivity contribution in [2.45, 2.75) is 43.9 Å². The largest absolute Gasteiger partial charge is 0.443 e. The lowest BCUT2D eigenvalue weighted by Gasteiger charge is -2.27. The molecule has 1 fully saturated rings. The van der Waals surface area contributed by atoms with Gasteiger partial charge in [0.25, 0.3) is 15.0 Å². The molecule has 0 aliphatic heterocycles. The van der Waals surface area contributed by atoms with E-state index in [0.717, 1.165) is 25.3 Å². The van der Waals surface area contributed by atoms with Crippen molar-refractivity contribution in [1.82, 2.24) is 5.32 Å². The van der Waals surface area contributed by atoms with Crippen LogP contribution in [0.2, 0.25) is 0 Å².